The zero-order chi connectivity index (χ0) is 20.2. The average molecular weight is 414 g/mol. The van der Waals surface area contributed by atoms with Crippen LogP contribution in [-0.2, 0) is 19.5 Å². The van der Waals surface area contributed by atoms with Gasteiger partial charge in [-0.25, -0.2) is 9.18 Å². The highest BCUT2D eigenvalue weighted by Crippen LogP contribution is 2.22. The van der Waals surface area contributed by atoms with Gasteiger partial charge in [-0.1, -0.05) is 30.2 Å². The fourth-order valence-electron chi connectivity index (χ4n) is 3.49. The Balaban J connectivity index is 1.64. The van der Waals surface area contributed by atoms with E-state index in [0.717, 1.165) is 38.1 Å². The van der Waals surface area contributed by atoms with Gasteiger partial charge in [-0.2, -0.15) is 0 Å². The Bertz CT molecular complexity index is 1020. The third kappa shape index (κ3) is 4.56. The molecule has 0 unspecified atom stereocenters. The van der Waals surface area contributed by atoms with Crippen LogP contribution in [0.25, 0.3) is 0 Å². The first-order chi connectivity index (χ1) is 14.1. The van der Waals surface area contributed by atoms with Crippen LogP contribution in [0.15, 0.2) is 48.5 Å². The molecule has 6 nitrogen and oxygen atoms in total. The minimum Gasteiger partial charge on any atom is -0.313 e. The minimum atomic E-state index is -0.414. The molecule has 1 N–H and O–H groups in total. The molecule has 8 heteroatoms. The van der Waals surface area contributed by atoms with E-state index in [1.165, 1.54) is 17.0 Å². The maximum Gasteiger partial charge on any atom is 0.326 e. The SMILES string of the molecule is O=C(Nc1cccc(Cl)c1)N(Cc1nnc2n1CCCCC2)c1cccc(F)c1. The summed E-state index contributed by atoms with van der Waals surface area (Å²) < 4.78 is 15.9. The minimum absolute atomic E-state index is 0.183. The van der Waals surface area contributed by atoms with Gasteiger partial charge in [0.1, 0.15) is 11.6 Å². The number of urea groups is 1. The number of fused-ring (bicyclic) bond motifs is 1. The molecule has 1 aliphatic heterocycles. The van der Waals surface area contributed by atoms with Gasteiger partial charge in [-0.05, 0) is 49.2 Å². The maximum atomic E-state index is 13.9. The highest BCUT2D eigenvalue weighted by molar-refractivity contribution is 6.30. The van der Waals surface area contributed by atoms with Crippen molar-refractivity contribution in [1.29, 1.82) is 0 Å². The summed E-state index contributed by atoms with van der Waals surface area (Å²) in [7, 11) is 0. The van der Waals surface area contributed by atoms with Gasteiger partial charge >= 0.3 is 6.03 Å². The van der Waals surface area contributed by atoms with Crippen molar-refractivity contribution >= 4 is 29.0 Å². The summed E-state index contributed by atoms with van der Waals surface area (Å²) in [5.74, 6) is 1.21. The predicted octanol–water partition coefficient (Wildman–Crippen LogP) is 5.04. The summed E-state index contributed by atoms with van der Waals surface area (Å²) in [4.78, 5) is 14.6. The number of carbonyl (C=O) groups is 1. The predicted molar refractivity (Wildman–Crippen MR) is 111 cm³/mol. The van der Waals surface area contributed by atoms with Crippen LogP contribution < -0.4 is 10.2 Å². The number of amides is 2. The van der Waals surface area contributed by atoms with Crippen LogP contribution in [0.5, 0.6) is 0 Å². The number of carbonyl (C=O) groups excluding carboxylic acids is 1. The van der Waals surface area contributed by atoms with Gasteiger partial charge < -0.3 is 9.88 Å². The molecule has 150 valence electrons. The third-order valence-corrected chi connectivity index (χ3v) is 5.16. The molecule has 1 aliphatic rings. The normalized spacial score (nSPS) is 13.4. The highest BCUT2D eigenvalue weighted by atomic mass is 35.5. The van der Waals surface area contributed by atoms with E-state index >= 15 is 0 Å². The molecule has 3 aromatic rings. The second-order valence-corrected chi connectivity index (χ2v) is 7.44. The van der Waals surface area contributed by atoms with Crippen LogP contribution in [0.4, 0.5) is 20.6 Å². The molecule has 0 spiro atoms. The number of benzene rings is 2. The van der Waals surface area contributed by atoms with Crippen molar-refractivity contribution in [2.75, 3.05) is 10.2 Å². The summed E-state index contributed by atoms with van der Waals surface area (Å²) in [5, 5.41) is 12.0. The lowest BCUT2D eigenvalue weighted by Crippen LogP contribution is -2.35. The average Bonchev–Trinajstić information content (AvgIpc) is 2.92. The summed E-state index contributed by atoms with van der Waals surface area (Å²) in [6, 6.07) is 12.4. The number of hydrogen-bond donors (Lipinski definition) is 1. The van der Waals surface area contributed by atoms with E-state index in [4.69, 9.17) is 11.6 Å². The van der Waals surface area contributed by atoms with Crippen LogP contribution in [0.2, 0.25) is 5.02 Å². The number of rotatable bonds is 4. The van der Waals surface area contributed by atoms with Crippen LogP contribution in [-0.4, -0.2) is 20.8 Å². The topological polar surface area (TPSA) is 63.1 Å². The Morgan fingerprint density at radius 3 is 2.83 bits per heavy atom. The van der Waals surface area contributed by atoms with E-state index in [-0.39, 0.29) is 6.54 Å². The molecular formula is C21H21ClFN5O. The van der Waals surface area contributed by atoms with Gasteiger partial charge in [0.05, 0.1) is 6.54 Å². The molecule has 1 aromatic heterocycles. The van der Waals surface area contributed by atoms with E-state index in [2.05, 4.69) is 20.1 Å². The molecule has 2 aromatic carbocycles. The number of aromatic nitrogens is 3. The number of halogens is 2. The van der Waals surface area contributed by atoms with Crippen molar-refractivity contribution < 1.29 is 9.18 Å². The molecule has 0 bridgehead atoms. The summed E-state index contributed by atoms with van der Waals surface area (Å²) >= 11 is 6.02. The number of nitrogens with one attached hydrogen (secondary N) is 1. The quantitative estimate of drug-likeness (QED) is 0.652. The van der Waals surface area contributed by atoms with Crippen LogP contribution in [0, 0.1) is 5.82 Å². The lowest BCUT2D eigenvalue weighted by Gasteiger charge is -2.23. The van der Waals surface area contributed by atoms with Gasteiger partial charge in [0.15, 0.2) is 5.82 Å². The lowest BCUT2D eigenvalue weighted by molar-refractivity contribution is 0.256. The Morgan fingerprint density at radius 1 is 1.14 bits per heavy atom. The Morgan fingerprint density at radius 2 is 2.00 bits per heavy atom. The van der Waals surface area contributed by atoms with E-state index in [0.29, 0.717) is 22.2 Å². The highest BCUT2D eigenvalue weighted by Gasteiger charge is 2.22. The second-order valence-electron chi connectivity index (χ2n) is 7.00. The molecule has 0 atom stereocenters. The van der Waals surface area contributed by atoms with Crippen LogP contribution >= 0.6 is 11.6 Å². The molecule has 29 heavy (non-hydrogen) atoms. The summed E-state index contributed by atoms with van der Waals surface area (Å²) in [6.07, 6.45) is 4.15. The van der Waals surface area contributed by atoms with Gasteiger partial charge in [0, 0.05) is 29.4 Å². The Labute approximate surface area is 173 Å². The maximum absolute atomic E-state index is 13.9. The van der Waals surface area contributed by atoms with Crippen molar-refractivity contribution in [3.63, 3.8) is 0 Å². The fraction of sp³-hybridized carbons (Fsp3) is 0.286. The van der Waals surface area contributed by atoms with Crippen molar-refractivity contribution in [3.05, 3.63) is 71.0 Å². The molecule has 2 heterocycles. The standard InChI is InChI=1S/C21H21ClFN5O/c22-15-6-4-8-17(12-15)24-21(29)28(18-9-5-7-16(23)13-18)14-20-26-25-19-10-2-1-3-11-27(19)20/h4-9,12-13H,1-3,10-11,14H2,(H,24,29). The van der Waals surface area contributed by atoms with E-state index in [9.17, 15) is 9.18 Å². The third-order valence-electron chi connectivity index (χ3n) is 4.93. The summed E-state index contributed by atoms with van der Waals surface area (Å²) in [5.41, 5.74) is 1.000. The molecular weight excluding hydrogens is 393 g/mol. The number of anilines is 2. The largest absolute Gasteiger partial charge is 0.326 e. The first-order valence-corrected chi connectivity index (χ1v) is 9.98. The molecule has 2 amide bonds. The van der Waals surface area contributed by atoms with Gasteiger partial charge in [0.25, 0.3) is 0 Å². The molecule has 0 aliphatic carbocycles. The van der Waals surface area contributed by atoms with Crippen LogP contribution in [0.3, 0.4) is 0 Å². The molecule has 4 rings (SSSR count). The van der Waals surface area contributed by atoms with Crippen molar-refractivity contribution in [1.82, 2.24) is 14.8 Å². The Kier molecular flexibility index (Phi) is 5.76. The first kappa shape index (κ1) is 19.4. The van der Waals surface area contributed by atoms with Crippen LogP contribution in [0.1, 0.15) is 30.9 Å². The Hall–Kier alpha value is -2.93. The zero-order valence-electron chi connectivity index (χ0n) is 15.8. The number of aryl methyl sites for hydroxylation is 1. The van der Waals surface area contributed by atoms with E-state index < -0.39 is 11.8 Å². The monoisotopic (exact) mass is 413 g/mol. The molecule has 0 radical (unpaired) electrons. The van der Waals surface area contributed by atoms with E-state index in [1.807, 2.05) is 0 Å². The van der Waals surface area contributed by atoms with Gasteiger partial charge in [-0.15, -0.1) is 10.2 Å². The van der Waals surface area contributed by atoms with Gasteiger partial charge in [0.2, 0.25) is 0 Å². The fourth-order valence-corrected chi connectivity index (χ4v) is 3.68. The van der Waals surface area contributed by atoms with Crippen molar-refractivity contribution in [3.8, 4) is 0 Å². The number of hydrogen-bond acceptors (Lipinski definition) is 3. The van der Waals surface area contributed by atoms with Crippen molar-refractivity contribution in [2.24, 2.45) is 0 Å². The molecule has 0 fully saturated rings. The smallest absolute Gasteiger partial charge is 0.313 e. The number of nitrogens with zero attached hydrogens (tertiary/aromatic N) is 4. The molecule has 0 saturated heterocycles. The lowest BCUT2D eigenvalue weighted by atomic mass is 10.2. The van der Waals surface area contributed by atoms with E-state index in [1.54, 1.807) is 36.4 Å². The zero-order valence-corrected chi connectivity index (χ0v) is 16.6. The van der Waals surface area contributed by atoms with Gasteiger partial charge in [-0.3, -0.25) is 4.90 Å². The summed E-state index contributed by atoms with van der Waals surface area (Å²) in [6.45, 7) is 1.01. The van der Waals surface area contributed by atoms with Crippen molar-refractivity contribution in [2.45, 2.75) is 38.8 Å². The second kappa shape index (κ2) is 8.61. The molecule has 0 saturated carbocycles. The first-order valence-electron chi connectivity index (χ1n) is 9.61.